The number of nitrogens with one attached hydrogen (secondary N) is 2. The van der Waals surface area contributed by atoms with Crippen molar-refractivity contribution in [2.45, 2.75) is 19.3 Å². The number of rotatable bonds is 5. The van der Waals surface area contributed by atoms with Gasteiger partial charge in [0.2, 0.25) is 0 Å². The smallest absolute Gasteiger partial charge is 0.0416 e. The maximum atomic E-state index is 4.31. The molecule has 0 spiro atoms. The second kappa shape index (κ2) is 6.61. The van der Waals surface area contributed by atoms with E-state index in [-0.39, 0.29) is 0 Å². The quantitative estimate of drug-likeness (QED) is 0.731. The Bertz CT molecular complexity index is 280. The normalized spacial score (nSPS) is 20.9. The lowest BCUT2D eigenvalue weighted by Gasteiger charge is -2.22. The summed E-state index contributed by atoms with van der Waals surface area (Å²) >= 11 is 0. The molecule has 0 saturated carbocycles. The highest BCUT2D eigenvalue weighted by Gasteiger charge is 2.11. The van der Waals surface area contributed by atoms with Crippen LogP contribution in [0.4, 0.5) is 0 Å². The van der Waals surface area contributed by atoms with E-state index in [0.29, 0.717) is 0 Å². The Labute approximate surface area is 97.7 Å². The summed E-state index contributed by atoms with van der Waals surface area (Å²) in [6, 6.07) is 6.10. The third kappa shape index (κ3) is 3.91. The summed E-state index contributed by atoms with van der Waals surface area (Å²) < 4.78 is 0. The van der Waals surface area contributed by atoms with Gasteiger partial charge in [-0.05, 0) is 50.5 Å². The van der Waals surface area contributed by atoms with Gasteiger partial charge in [-0.25, -0.2) is 0 Å². The third-order valence-corrected chi connectivity index (χ3v) is 3.12. The minimum absolute atomic E-state index is 0.817. The van der Waals surface area contributed by atoms with Crippen molar-refractivity contribution < 1.29 is 0 Å². The molecule has 0 bridgehead atoms. The van der Waals surface area contributed by atoms with Crippen LogP contribution >= 0.6 is 0 Å². The predicted molar refractivity (Wildman–Crippen MR) is 66.4 cm³/mol. The van der Waals surface area contributed by atoms with E-state index in [4.69, 9.17) is 0 Å². The van der Waals surface area contributed by atoms with Crippen molar-refractivity contribution in [2.24, 2.45) is 5.92 Å². The van der Waals surface area contributed by atoms with Gasteiger partial charge < -0.3 is 10.6 Å². The molecule has 1 aliphatic heterocycles. The molecule has 2 rings (SSSR count). The number of hydrogen-bond acceptors (Lipinski definition) is 3. The molecule has 16 heavy (non-hydrogen) atoms. The van der Waals surface area contributed by atoms with Crippen LogP contribution in [0, 0.1) is 5.92 Å². The van der Waals surface area contributed by atoms with Gasteiger partial charge in [0.05, 0.1) is 0 Å². The van der Waals surface area contributed by atoms with E-state index in [1.807, 2.05) is 18.3 Å². The highest BCUT2D eigenvalue weighted by atomic mass is 14.9. The molecule has 0 radical (unpaired) electrons. The van der Waals surface area contributed by atoms with E-state index in [9.17, 15) is 0 Å². The number of nitrogens with zero attached hydrogens (tertiary/aromatic N) is 1. The molecule has 2 heterocycles. The molecule has 2 N–H and O–H groups in total. The van der Waals surface area contributed by atoms with Crippen LogP contribution in [0.1, 0.15) is 18.5 Å². The number of pyridine rings is 1. The van der Waals surface area contributed by atoms with Gasteiger partial charge in [-0.2, -0.15) is 0 Å². The Kier molecular flexibility index (Phi) is 4.77. The number of aromatic nitrogens is 1. The first-order chi connectivity index (χ1) is 7.95. The van der Waals surface area contributed by atoms with E-state index in [2.05, 4.69) is 21.7 Å². The fraction of sp³-hybridized carbons (Fsp3) is 0.615. The molecule has 1 atom stereocenters. The average molecular weight is 219 g/mol. The van der Waals surface area contributed by atoms with Crippen molar-refractivity contribution in [3.05, 3.63) is 30.1 Å². The molecule has 0 aliphatic carbocycles. The van der Waals surface area contributed by atoms with Crippen LogP contribution in [0.3, 0.4) is 0 Å². The van der Waals surface area contributed by atoms with Gasteiger partial charge in [0.1, 0.15) is 0 Å². The highest BCUT2D eigenvalue weighted by Crippen LogP contribution is 2.07. The lowest BCUT2D eigenvalue weighted by atomic mass is 10.00. The van der Waals surface area contributed by atoms with E-state index in [1.54, 1.807) is 0 Å². The molecular formula is C13H21N3. The van der Waals surface area contributed by atoms with Crippen molar-refractivity contribution in [1.82, 2.24) is 15.6 Å². The second-order valence-electron chi connectivity index (χ2n) is 4.49. The molecule has 0 aromatic carbocycles. The lowest BCUT2D eigenvalue weighted by Crippen LogP contribution is -2.36. The standard InChI is InChI=1S/C13H21N3/c1-2-8-16-13(5-1)6-9-15-11-12-4-3-7-14-10-12/h1-2,5,8,12,14-15H,3-4,6-7,9-11H2. The van der Waals surface area contributed by atoms with Gasteiger partial charge in [0.15, 0.2) is 0 Å². The summed E-state index contributed by atoms with van der Waals surface area (Å²) in [6.07, 6.45) is 5.58. The van der Waals surface area contributed by atoms with Crippen LogP contribution in [0.5, 0.6) is 0 Å². The third-order valence-electron chi connectivity index (χ3n) is 3.12. The zero-order valence-corrected chi connectivity index (χ0v) is 9.78. The first kappa shape index (κ1) is 11.6. The summed E-state index contributed by atoms with van der Waals surface area (Å²) in [5, 5.41) is 6.96. The molecular weight excluding hydrogens is 198 g/mol. The summed E-state index contributed by atoms with van der Waals surface area (Å²) in [4.78, 5) is 4.31. The Morgan fingerprint density at radius 1 is 1.44 bits per heavy atom. The topological polar surface area (TPSA) is 37.0 Å². The zero-order valence-electron chi connectivity index (χ0n) is 9.78. The Morgan fingerprint density at radius 3 is 3.19 bits per heavy atom. The fourth-order valence-corrected chi connectivity index (χ4v) is 2.17. The molecule has 1 aliphatic rings. The zero-order chi connectivity index (χ0) is 11.1. The fourth-order valence-electron chi connectivity index (χ4n) is 2.17. The molecule has 0 amide bonds. The average Bonchev–Trinajstić information content (AvgIpc) is 2.37. The SMILES string of the molecule is c1ccc(CCNCC2CCCNC2)nc1. The summed E-state index contributed by atoms with van der Waals surface area (Å²) in [5.41, 5.74) is 1.18. The van der Waals surface area contributed by atoms with E-state index < -0.39 is 0 Å². The van der Waals surface area contributed by atoms with Crippen molar-refractivity contribution >= 4 is 0 Å². The van der Waals surface area contributed by atoms with Crippen LogP contribution in [0.2, 0.25) is 0 Å². The van der Waals surface area contributed by atoms with Crippen molar-refractivity contribution in [3.8, 4) is 0 Å². The minimum atomic E-state index is 0.817. The first-order valence-corrected chi connectivity index (χ1v) is 6.26. The van der Waals surface area contributed by atoms with Crippen molar-refractivity contribution in [2.75, 3.05) is 26.2 Å². The molecule has 1 aromatic heterocycles. The molecule has 88 valence electrons. The first-order valence-electron chi connectivity index (χ1n) is 6.26. The van der Waals surface area contributed by atoms with Crippen LogP contribution < -0.4 is 10.6 Å². The second-order valence-corrected chi connectivity index (χ2v) is 4.49. The molecule has 3 nitrogen and oxygen atoms in total. The van der Waals surface area contributed by atoms with Crippen LogP contribution in [-0.4, -0.2) is 31.2 Å². The minimum Gasteiger partial charge on any atom is -0.316 e. The maximum Gasteiger partial charge on any atom is 0.0416 e. The van der Waals surface area contributed by atoms with Crippen molar-refractivity contribution in [3.63, 3.8) is 0 Å². The largest absolute Gasteiger partial charge is 0.316 e. The van der Waals surface area contributed by atoms with Gasteiger partial charge in [-0.15, -0.1) is 0 Å². The Morgan fingerprint density at radius 2 is 2.44 bits per heavy atom. The van der Waals surface area contributed by atoms with Gasteiger partial charge in [-0.1, -0.05) is 6.07 Å². The van der Waals surface area contributed by atoms with Crippen LogP contribution in [0.25, 0.3) is 0 Å². The van der Waals surface area contributed by atoms with Crippen LogP contribution in [0.15, 0.2) is 24.4 Å². The van der Waals surface area contributed by atoms with E-state index in [0.717, 1.165) is 25.4 Å². The predicted octanol–water partition coefficient (Wildman–Crippen LogP) is 1.21. The molecule has 1 fully saturated rings. The summed E-state index contributed by atoms with van der Waals surface area (Å²) in [6.45, 7) is 4.55. The number of hydrogen-bond donors (Lipinski definition) is 2. The number of piperidine rings is 1. The maximum absolute atomic E-state index is 4.31. The molecule has 1 aromatic rings. The van der Waals surface area contributed by atoms with Gasteiger partial charge >= 0.3 is 0 Å². The molecule has 3 heteroatoms. The van der Waals surface area contributed by atoms with E-state index in [1.165, 1.54) is 31.6 Å². The van der Waals surface area contributed by atoms with Gasteiger partial charge in [0.25, 0.3) is 0 Å². The van der Waals surface area contributed by atoms with E-state index >= 15 is 0 Å². The Balaban J connectivity index is 1.58. The Hall–Kier alpha value is -0.930. The van der Waals surface area contributed by atoms with Crippen LogP contribution in [-0.2, 0) is 6.42 Å². The summed E-state index contributed by atoms with van der Waals surface area (Å²) in [7, 11) is 0. The lowest BCUT2D eigenvalue weighted by molar-refractivity contribution is 0.361. The van der Waals surface area contributed by atoms with Gasteiger partial charge in [-0.3, -0.25) is 4.98 Å². The monoisotopic (exact) mass is 219 g/mol. The van der Waals surface area contributed by atoms with Gasteiger partial charge in [0, 0.05) is 24.9 Å². The molecule has 1 saturated heterocycles. The molecule has 1 unspecified atom stereocenters. The van der Waals surface area contributed by atoms with Crippen molar-refractivity contribution in [1.29, 1.82) is 0 Å². The summed E-state index contributed by atoms with van der Waals surface area (Å²) in [5.74, 6) is 0.817. The highest BCUT2D eigenvalue weighted by molar-refractivity contribution is 5.03.